The Labute approximate surface area is 165 Å². The summed E-state index contributed by atoms with van der Waals surface area (Å²) < 4.78 is 40.3. The van der Waals surface area contributed by atoms with E-state index in [1.165, 1.54) is 0 Å². The molecule has 0 aromatic carbocycles. The topological polar surface area (TPSA) is 101 Å². The Balaban J connectivity index is 2.07. The van der Waals surface area contributed by atoms with Gasteiger partial charge in [0.05, 0.1) is 11.3 Å². The van der Waals surface area contributed by atoms with Gasteiger partial charge in [-0.25, -0.2) is 9.37 Å². The van der Waals surface area contributed by atoms with Crippen molar-refractivity contribution in [3.05, 3.63) is 28.8 Å². The zero-order valence-electron chi connectivity index (χ0n) is 15.7. The summed E-state index contributed by atoms with van der Waals surface area (Å²) in [5.74, 6) is -1.32. The molecule has 0 saturated carbocycles. The van der Waals surface area contributed by atoms with Gasteiger partial charge in [0.2, 0.25) is 6.41 Å². The lowest BCUT2D eigenvalue weighted by Gasteiger charge is -2.37. The number of fused-ring (bicyclic) bond motifs is 1. The highest BCUT2D eigenvalue weighted by molar-refractivity contribution is 6.13. The third kappa shape index (κ3) is 4.03. The van der Waals surface area contributed by atoms with Crippen LogP contribution in [0.25, 0.3) is 5.57 Å². The molecule has 1 atom stereocenters. The minimum Gasteiger partial charge on any atom is -0.352 e. The van der Waals surface area contributed by atoms with E-state index in [1.807, 2.05) is 0 Å². The van der Waals surface area contributed by atoms with Crippen LogP contribution in [0, 0.1) is 11.2 Å². The number of carbonyl (C=O) groups is 2. The minimum atomic E-state index is -2.87. The summed E-state index contributed by atoms with van der Waals surface area (Å²) in [4.78, 5) is 30.8. The normalized spacial score (nSPS) is 19.1. The van der Waals surface area contributed by atoms with Gasteiger partial charge in [-0.2, -0.15) is 8.78 Å². The molecule has 1 aromatic rings. The monoisotopic (exact) mass is 410 g/mol. The van der Waals surface area contributed by atoms with Crippen LogP contribution in [0.5, 0.6) is 0 Å². The summed E-state index contributed by atoms with van der Waals surface area (Å²) in [5.41, 5.74) is -0.116. The number of allylic oxidation sites excluding steroid dienone is 1. The molecule has 2 amide bonds. The maximum atomic E-state index is 15.2. The van der Waals surface area contributed by atoms with E-state index < -0.39 is 18.3 Å². The van der Waals surface area contributed by atoms with Crippen molar-refractivity contribution in [2.75, 3.05) is 25.0 Å². The number of carbonyl (C=O) groups excluding carboxylic acids is 2. The first-order valence-corrected chi connectivity index (χ1v) is 9.05. The number of pyridine rings is 1. The molecule has 3 heterocycles. The van der Waals surface area contributed by atoms with Crippen molar-refractivity contribution < 1.29 is 22.8 Å². The summed E-state index contributed by atoms with van der Waals surface area (Å²) in [7, 11) is 1.63. The number of rotatable bonds is 7. The average molecular weight is 410 g/mol. The van der Waals surface area contributed by atoms with Gasteiger partial charge in [0.1, 0.15) is 0 Å². The van der Waals surface area contributed by atoms with E-state index in [4.69, 9.17) is 5.41 Å². The fraction of sp³-hybridized carbons (Fsp3) is 0.444. The lowest BCUT2D eigenvalue weighted by atomic mass is 10.0. The number of piperidine rings is 1. The second-order valence-electron chi connectivity index (χ2n) is 6.85. The Hall–Kier alpha value is -3.11. The highest BCUT2D eigenvalue weighted by Crippen LogP contribution is 2.32. The van der Waals surface area contributed by atoms with Crippen molar-refractivity contribution in [2.24, 2.45) is 0 Å². The van der Waals surface area contributed by atoms with Crippen LogP contribution in [0.4, 0.5) is 19.0 Å². The van der Waals surface area contributed by atoms with Gasteiger partial charge in [-0.05, 0) is 12.8 Å². The van der Waals surface area contributed by atoms with Crippen LogP contribution in [-0.4, -0.2) is 61.1 Å². The third-order valence-electron chi connectivity index (χ3n) is 5.12. The van der Waals surface area contributed by atoms with Crippen molar-refractivity contribution in [1.29, 1.82) is 5.41 Å². The van der Waals surface area contributed by atoms with Crippen LogP contribution in [0.2, 0.25) is 0 Å². The molecular weight excluding hydrogens is 389 g/mol. The van der Waals surface area contributed by atoms with Gasteiger partial charge >= 0.3 is 6.55 Å². The molecule has 29 heavy (non-hydrogen) atoms. The number of aromatic nitrogens is 1. The molecule has 0 aliphatic carbocycles. The quantitative estimate of drug-likeness (QED) is 0.358. The molecule has 0 bridgehead atoms. The fourth-order valence-electron chi connectivity index (χ4n) is 3.61. The Morgan fingerprint density at radius 3 is 2.90 bits per heavy atom. The lowest BCUT2D eigenvalue weighted by molar-refractivity contribution is -0.119. The molecule has 3 N–H and O–H groups in total. The molecule has 11 heteroatoms. The van der Waals surface area contributed by atoms with Gasteiger partial charge in [0.15, 0.2) is 11.6 Å². The van der Waals surface area contributed by atoms with Crippen molar-refractivity contribution >= 4 is 29.9 Å². The molecule has 1 aromatic heterocycles. The Kier molecular flexibility index (Phi) is 6.04. The van der Waals surface area contributed by atoms with E-state index in [0.717, 1.165) is 25.2 Å². The van der Waals surface area contributed by atoms with Crippen molar-refractivity contribution in [1.82, 2.24) is 20.5 Å². The van der Waals surface area contributed by atoms with Gasteiger partial charge in [0.25, 0.3) is 5.91 Å². The first kappa shape index (κ1) is 20.6. The van der Waals surface area contributed by atoms with Crippen LogP contribution < -0.4 is 15.5 Å². The number of nitrogens with one attached hydrogen (secondary N) is 3. The number of nitrogens with zero attached hydrogens (tertiary/aromatic N) is 3. The Morgan fingerprint density at radius 1 is 1.48 bits per heavy atom. The van der Waals surface area contributed by atoms with E-state index in [2.05, 4.69) is 10.3 Å². The molecule has 8 nitrogen and oxygen atoms in total. The number of hydrogen-bond acceptors (Lipinski definition) is 6. The fourth-order valence-corrected chi connectivity index (χ4v) is 3.61. The standard InChI is InChI=1S/C18H21F3N6O2/c1-26(11-3-2-4-27(8-11)9-28)16-14(19)12-7-23-17(29)13(12)15(25-16)10(5-22)6-24-18(20)21/h5-6,9,11,18,22,24H,2-4,7-8H2,1H3,(H,23,29)/b10-6+,22-5?. The first-order valence-electron chi connectivity index (χ1n) is 9.05. The van der Waals surface area contributed by atoms with E-state index in [9.17, 15) is 18.4 Å². The van der Waals surface area contributed by atoms with E-state index in [-0.39, 0.29) is 40.8 Å². The number of halogens is 3. The zero-order chi connectivity index (χ0) is 21.1. The van der Waals surface area contributed by atoms with Crippen molar-refractivity contribution in [3.63, 3.8) is 0 Å². The summed E-state index contributed by atoms with van der Waals surface area (Å²) in [5, 5.41) is 11.8. The predicted octanol–water partition coefficient (Wildman–Crippen LogP) is 1.32. The molecule has 1 saturated heterocycles. The van der Waals surface area contributed by atoms with Gasteiger partial charge in [-0.1, -0.05) is 0 Å². The summed E-state index contributed by atoms with van der Waals surface area (Å²) in [6.07, 6.45) is 3.86. The van der Waals surface area contributed by atoms with E-state index in [1.54, 1.807) is 22.2 Å². The highest BCUT2D eigenvalue weighted by atomic mass is 19.3. The number of hydrogen-bond donors (Lipinski definition) is 3. The van der Waals surface area contributed by atoms with Gasteiger partial charge in [-0.3, -0.25) is 9.59 Å². The molecule has 3 rings (SSSR count). The van der Waals surface area contributed by atoms with Crippen molar-refractivity contribution in [2.45, 2.75) is 32.0 Å². The highest BCUT2D eigenvalue weighted by Gasteiger charge is 2.33. The summed E-state index contributed by atoms with van der Waals surface area (Å²) >= 11 is 0. The molecule has 156 valence electrons. The maximum Gasteiger partial charge on any atom is 0.312 e. The SMILES string of the molecule is CN(c1nc(/C(C=N)=C/NC(F)F)c2c(c1F)CNC2=O)C1CCCN(C=O)C1. The number of anilines is 1. The molecule has 2 aliphatic heterocycles. The predicted molar refractivity (Wildman–Crippen MR) is 100 cm³/mol. The number of amides is 2. The van der Waals surface area contributed by atoms with E-state index in [0.29, 0.717) is 19.5 Å². The van der Waals surface area contributed by atoms with Gasteiger partial charge in [-0.15, -0.1) is 0 Å². The second kappa shape index (κ2) is 8.50. The van der Waals surface area contributed by atoms with Crippen LogP contribution in [0.15, 0.2) is 6.20 Å². The van der Waals surface area contributed by atoms with Crippen LogP contribution in [-0.2, 0) is 11.3 Å². The largest absolute Gasteiger partial charge is 0.352 e. The second-order valence-corrected chi connectivity index (χ2v) is 6.85. The summed E-state index contributed by atoms with van der Waals surface area (Å²) in [6, 6.07) is -0.196. The molecular formula is C18H21F3N6O2. The Morgan fingerprint density at radius 2 is 2.24 bits per heavy atom. The number of likely N-dealkylation sites (N-methyl/N-ethyl adjacent to an activating group) is 1. The maximum absolute atomic E-state index is 15.2. The molecule has 1 fully saturated rings. The van der Waals surface area contributed by atoms with Crippen LogP contribution >= 0.6 is 0 Å². The minimum absolute atomic E-state index is 0.0514. The first-order chi connectivity index (χ1) is 13.9. The van der Waals surface area contributed by atoms with Crippen molar-refractivity contribution in [3.8, 4) is 0 Å². The molecule has 2 aliphatic rings. The molecule has 1 unspecified atom stereocenters. The smallest absolute Gasteiger partial charge is 0.312 e. The van der Waals surface area contributed by atoms with Gasteiger partial charge < -0.3 is 25.8 Å². The third-order valence-corrected chi connectivity index (χ3v) is 5.12. The zero-order valence-corrected chi connectivity index (χ0v) is 15.7. The Bertz CT molecular complexity index is 860. The average Bonchev–Trinajstić information content (AvgIpc) is 3.11. The van der Waals surface area contributed by atoms with Gasteiger partial charge in [0, 0.05) is 56.3 Å². The summed E-state index contributed by atoms with van der Waals surface area (Å²) in [6.45, 7) is -1.91. The molecule has 0 spiro atoms. The van der Waals surface area contributed by atoms with Crippen LogP contribution in [0.1, 0.15) is 34.5 Å². The van der Waals surface area contributed by atoms with E-state index >= 15 is 4.39 Å². The number of likely N-dealkylation sites (tertiary alicyclic amines) is 1. The number of alkyl halides is 2. The lowest BCUT2D eigenvalue weighted by Crippen LogP contribution is -2.46. The molecule has 0 radical (unpaired) electrons. The van der Waals surface area contributed by atoms with Crippen LogP contribution in [0.3, 0.4) is 0 Å².